The van der Waals surface area contributed by atoms with Gasteiger partial charge in [-0.15, -0.1) is 10.2 Å². The lowest BCUT2D eigenvalue weighted by molar-refractivity contribution is 0.263. The number of halogens is 2. The highest BCUT2D eigenvalue weighted by Crippen LogP contribution is 2.37. The molecule has 2 N–H and O–H groups in total. The number of rotatable bonds is 8. The van der Waals surface area contributed by atoms with Gasteiger partial charge in [-0.05, 0) is 70.2 Å². The monoisotopic (exact) mass is 525 g/mol. The number of hydrogen-bond donors (Lipinski definition) is 2. The molecule has 0 atom stereocenters. The van der Waals surface area contributed by atoms with Crippen LogP contribution < -0.4 is 14.8 Å². The molecule has 8 nitrogen and oxygen atoms in total. The van der Waals surface area contributed by atoms with Crippen molar-refractivity contribution in [2.24, 2.45) is 0 Å². The second-order valence-corrected chi connectivity index (χ2v) is 10.1. The van der Waals surface area contributed by atoms with Crippen LogP contribution in [0.1, 0.15) is 25.6 Å². The Morgan fingerprint density at radius 1 is 1.08 bits per heavy atom. The average molecular weight is 526 g/mol. The van der Waals surface area contributed by atoms with Gasteiger partial charge < -0.3 is 19.7 Å². The van der Waals surface area contributed by atoms with E-state index in [1.54, 1.807) is 18.0 Å². The summed E-state index contributed by atoms with van der Waals surface area (Å²) in [5, 5.41) is 12.2. The fourth-order valence-corrected chi connectivity index (χ4v) is 4.73. The minimum absolute atomic E-state index is 0.0717. The lowest BCUT2D eigenvalue weighted by Gasteiger charge is -2.29. The van der Waals surface area contributed by atoms with Gasteiger partial charge in [-0.1, -0.05) is 18.9 Å². The quantitative estimate of drug-likeness (QED) is 0.281. The Labute approximate surface area is 218 Å². The van der Waals surface area contributed by atoms with Crippen molar-refractivity contribution in [1.29, 1.82) is 0 Å². The Hall–Kier alpha value is -3.44. The molecule has 0 bridgehead atoms. The molecular weight excluding hydrogens is 496 g/mol. The largest absolute Gasteiger partial charge is 0.454 e. The molecule has 2 aromatic heterocycles. The molecule has 0 aliphatic carbocycles. The Balaban J connectivity index is 1.58. The lowest BCUT2D eigenvalue weighted by Crippen LogP contribution is -2.37. The first-order chi connectivity index (χ1) is 17.9. The van der Waals surface area contributed by atoms with Gasteiger partial charge in [0, 0.05) is 35.3 Å². The maximum atomic E-state index is 14.5. The van der Waals surface area contributed by atoms with Crippen molar-refractivity contribution >= 4 is 29.1 Å². The molecular formula is C26H29F2N7OS. The number of ether oxygens (including phenoxy) is 1. The predicted octanol–water partition coefficient (Wildman–Crippen LogP) is 5.76. The van der Waals surface area contributed by atoms with Crippen LogP contribution in [0.25, 0.3) is 16.9 Å². The van der Waals surface area contributed by atoms with Crippen LogP contribution in [-0.2, 0) is 0 Å². The first-order valence-corrected chi connectivity index (χ1v) is 13.2. The van der Waals surface area contributed by atoms with E-state index >= 15 is 0 Å². The number of benzene rings is 2. The SMILES string of the molecule is CCSNc1ccc(Oc2ccc(F)cc2F)c(-c2cn3c(C)nnc3c(NC3CCN(C)CC3)n2)c1. The zero-order valence-electron chi connectivity index (χ0n) is 21.0. The van der Waals surface area contributed by atoms with E-state index in [-0.39, 0.29) is 11.8 Å². The third kappa shape index (κ3) is 5.62. The summed E-state index contributed by atoms with van der Waals surface area (Å²) in [6, 6.07) is 9.03. The third-order valence-corrected chi connectivity index (χ3v) is 6.99. The number of nitrogens with one attached hydrogen (secondary N) is 2. The number of fused-ring (bicyclic) bond motifs is 1. The van der Waals surface area contributed by atoms with Gasteiger partial charge in [0.1, 0.15) is 17.4 Å². The minimum Gasteiger partial charge on any atom is -0.454 e. The number of anilines is 2. The van der Waals surface area contributed by atoms with E-state index in [1.807, 2.05) is 29.7 Å². The van der Waals surface area contributed by atoms with Crippen molar-refractivity contribution in [3.8, 4) is 22.8 Å². The number of nitrogens with zero attached hydrogens (tertiary/aromatic N) is 5. The molecule has 0 unspecified atom stereocenters. The van der Waals surface area contributed by atoms with Crippen LogP contribution in [0.4, 0.5) is 20.3 Å². The molecule has 4 aromatic rings. The Bertz CT molecular complexity index is 1410. The molecule has 5 rings (SSSR count). The van der Waals surface area contributed by atoms with Crippen LogP contribution in [0.5, 0.6) is 11.5 Å². The number of likely N-dealkylation sites (tertiary alicyclic amines) is 1. The maximum Gasteiger partial charge on any atom is 0.203 e. The number of hydrogen-bond acceptors (Lipinski definition) is 8. The molecule has 0 amide bonds. The van der Waals surface area contributed by atoms with Gasteiger partial charge in [0.2, 0.25) is 5.65 Å². The van der Waals surface area contributed by atoms with Crippen molar-refractivity contribution in [3.63, 3.8) is 0 Å². The highest BCUT2D eigenvalue weighted by molar-refractivity contribution is 8.00. The van der Waals surface area contributed by atoms with Crippen LogP contribution in [0.3, 0.4) is 0 Å². The molecule has 0 spiro atoms. The van der Waals surface area contributed by atoms with Crippen LogP contribution in [0, 0.1) is 18.6 Å². The van der Waals surface area contributed by atoms with Crippen LogP contribution >= 0.6 is 11.9 Å². The van der Waals surface area contributed by atoms with Gasteiger partial charge in [-0.25, -0.2) is 13.8 Å². The summed E-state index contributed by atoms with van der Waals surface area (Å²) in [7, 11) is 2.12. The van der Waals surface area contributed by atoms with Crippen LogP contribution in [-0.4, -0.2) is 56.4 Å². The molecule has 0 saturated carbocycles. The van der Waals surface area contributed by atoms with Gasteiger partial charge in [0.15, 0.2) is 17.4 Å². The van der Waals surface area contributed by atoms with Crippen molar-refractivity contribution in [1.82, 2.24) is 24.5 Å². The van der Waals surface area contributed by atoms with Gasteiger partial charge in [-0.2, -0.15) is 0 Å². The average Bonchev–Trinajstić information content (AvgIpc) is 3.27. The predicted molar refractivity (Wildman–Crippen MR) is 143 cm³/mol. The summed E-state index contributed by atoms with van der Waals surface area (Å²) < 4.78 is 39.1. The first-order valence-electron chi connectivity index (χ1n) is 12.2. The van der Waals surface area contributed by atoms with Crippen molar-refractivity contribution in [2.75, 3.05) is 35.9 Å². The molecule has 1 saturated heterocycles. The van der Waals surface area contributed by atoms with Gasteiger partial charge in [-0.3, -0.25) is 4.40 Å². The summed E-state index contributed by atoms with van der Waals surface area (Å²) in [5.41, 5.74) is 2.74. The van der Waals surface area contributed by atoms with E-state index in [9.17, 15) is 8.78 Å². The molecule has 194 valence electrons. The van der Waals surface area contributed by atoms with Crippen molar-refractivity contribution in [2.45, 2.75) is 32.7 Å². The zero-order chi connectivity index (χ0) is 25.9. The fraction of sp³-hybridized carbons (Fsp3) is 0.346. The molecule has 1 aliphatic heterocycles. The normalized spacial score (nSPS) is 14.7. The number of aromatic nitrogens is 4. The summed E-state index contributed by atoms with van der Waals surface area (Å²) in [6.07, 6.45) is 3.84. The second-order valence-electron chi connectivity index (χ2n) is 9.06. The maximum absolute atomic E-state index is 14.5. The van der Waals surface area contributed by atoms with Crippen molar-refractivity contribution in [3.05, 3.63) is 60.1 Å². The highest BCUT2D eigenvalue weighted by Gasteiger charge is 2.21. The minimum atomic E-state index is -0.780. The van der Waals surface area contributed by atoms with Gasteiger partial charge >= 0.3 is 0 Å². The topological polar surface area (TPSA) is 79.6 Å². The fourth-order valence-electron chi connectivity index (χ4n) is 4.29. The van der Waals surface area contributed by atoms with Crippen LogP contribution in [0.2, 0.25) is 0 Å². The summed E-state index contributed by atoms with van der Waals surface area (Å²) >= 11 is 1.56. The van der Waals surface area contributed by atoms with Gasteiger partial charge in [0.25, 0.3) is 0 Å². The zero-order valence-corrected chi connectivity index (χ0v) is 21.8. The summed E-state index contributed by atoms with van der Waals surface area (Å²) in [5.74, 6) is 1.10. The van der Waals surface area contributed by atoms with E-state index in [1.165, 1.54) is 12.1 Å². The summed E-state index contributed by atoms with van der Waals surface area (Å²) in [4.78, 5) is 7.25. The van der Waals surface area contributed by atoms with Crippen LogP contribution in [0.15, 0.2) is 42.6 Å². The highest BCUT2D eigenvalue weighted by atomic mass is 32.2. The Morgan fingerprint density at radius 2 is 1.86 bits per heavy atom. The Kier molecular flexibility index (Phi) is 7.43. The van der Waals surface area contributed by atoms with Gasteiger partial charge in [0.05, 0.1) is 5.69 Å². The third-order valence-electron chi connectivity index (χ3n) is 6.32. The van der Waals surface area contributed by atoms with E-state index in [0.29, 0.717) is 34.3 Å². The van der Waals surface area contributed by atoms with E-state index in [2.05, 4.69) is 39.1 Å². The molecule has 3 heterocycles. The summed E-state index contributed by atoms with van der Waals surface area (Å²) in [6.45, 7) is 5.94. The molecule has 1 fully saturated rings. The molecule has 1 aliphatic rings. The molecule has 37 heavy (non-hydrogen) atoms. The molecule has 2 aromatic carbocycles. The van der Waals surface area contributed by atoms with E-state index < -0.39 is 11.6 Å². The number of aryl methyl sites for hydroxylation is 1. The smallest absolute Gasteiger partial charge is 0.203 e. The van der Waals surface area contributed by atoms with E-state index in [4.69, 9.17) is 9.72 Å². The first kappa shape index (κ1) is 25.2. The second kappa shape index (κ2) is 10.9. The standard InChI is InChI=1S/C26H29F2N7OS/c1-4-37-33-19-6-8-23(36-24-7-5-17(27)13-21(24)28)20(14-19)22-15-35-16(2)31-32-26(35)25(30-22)29-18-9-11-34(3)12-10-18/h5-8,13-15,18,33H,4,9-12H2,1-3H3,(H,29,30). The lowest BCUT2D eigenvalue weighted by atomic mass is 10.1. The van der Waals surface area contributed by atoms with E-state index in [0.717, 1.165) is 43.4 Å². The Morgan fingerprint density at radius 3 is 2.62 bits per heavy atom. The molecule has 11 heteroatoms. The number of piperidine rings is 1. The molecule has 0 radical (unpaired) electrons. The van der Waals surface area contributed by atoms with Crippen molar-refractivity contribution < 1.29 is 13.5 Å².